The van der Waals surface area contributed by atoms with Crippen molar-refractivity contribution in [3.05, 3.63) is 76.8 Å². The van der Waals surface area contributed by atoms with Crippen molar-refractivity contribution < 1.29 is 4.42 Å². The Labute approximate surface area is 181 Å². The van der Waals surface area contributed by atoms with Gasteiger partial charge in [-0.2, -0.15) is 0 Å². The lowest BCUT2D eigenvalue weighted by molar-refractivity contribution is 0.253. The van der Waals surface area contributed by atoms with Gasteiger partial charge in [-0.1, -0.05) is 43.6 Å². The average Bonchev–Trinajstić information content (AvgIpc) is 3.29. The summed E-state index contributed by atoms with van der Waals surface area (Å²) in [5, 5.41) is 4.92. The lowest BCUT2D eigenvalue weighted by atomic mass is 10.0. The molecule has 1 aliphatic heterocycles. The van der Waals surface area contributed by atoms with Gasteiger partial charge in [0.25, 0.3) is 0 Å². The Kier molecular flexibility index (Phi) is 5.61. The summed E-state index contributed by atoms with van der Waals surface area (Å²) in [4.78, 5) is 6.78. The number of pyridine rings is 1. The number of rotatable bonds is 5. The average molecular weight is 426 g/mol. The predicted molar refractivity (Wildman–Crippen MR) is 121 cm³/mol. The molecule has 4 rings (SSSR count). The Morgan fingerprint density at radius 2 is 2.00 bits per heavy atom. The number of aromatic nitrogens is 1. The van der Waals surface area contributed by atoms with Gasteiger partial charge in [-0.05, 0) is 61.0 Å². The summed E-state index contributed by atoms with van der Waals surface area (Å²) in [6.45, 7) is 7.23. The van der Waals surface area contributed by atoms with E-state index in [0.717, 1.165) is 45.0 Å². The Morgan fingerprint density at radius 1 is 1.17 bits per heavy atom. The molecule has 0 bridgehead atoms. The second kappa shape index (κ2) is 8.17. The van der Waals surface area contributed by atoms with E-state index in [1.165, 1.54) is 0 Å². The van der Waals surface area contributed by atoms with Crippen LogP contribution in [0.2, 0.25) is 5.02 Å². The van der Waals surface area contributed by atoms with E-state index in [2.05, 4.69) is 29.0 Å². The molecule has 1 saturated heterocycles. The second-order valence-electron chi connectivity index (χ2n) is 7.79. The molecule has 0 aliphatic carbocycles. The van der Waals surface area contributed by atoms with Gasteiger partial charge in [-0.25, -0.2) is 0 Å². The van der Waals surface area contributed by atoms with Crippen LogP contribution in [0.1, 0.15) is 42.9 Å². The first kappa shape index (κ1) is 19.9. The normalized spacial score (nSPS) is 19.1. The molecular weight excluding hydrogens is 402 g/mol. The standard InChI is InChI=1S/C23H24ClN3OS/c1-14(2)13-27-22(21(26-23(27)29)18-9-4-5-12-25-18)20-11-10-19(28-20)16-7-6-8-17(24)15(16)3/h4-12,14,21-22H,13H2,1-3H3,(H,26,29)/t21-,22-/m0/s1. The summed E-state index contributed by atoms with van der Waals surface area (Å²) in [5.74, 6) is 2.13. The lowest BCUT2D eigenvalue weighted by Crippen LogP contribution is -2.32. The third kappa shape index (κ3) is 3.89. The highest BCUT2D eigenvalue weighted by Gasteiger charge is 2.41. The molecule has 4 nitrogen and oxygen atoms in total. The Balaban J connectivity index is 1.75. The lowest BCUT2D eigenvalue weighted by Gasteiger charge is -2.27. The molecule has 1 N–H and O–H groups in total. The van der Waals surface area contributed by atoms with E-state index in [0.29, 0.717) is 5.92 Å². The number of hydrogen-bond acceptors (Lipinski definition) is 3. The first-order valence-electron chi connectivity index (χ1n) is 9.79. The van der Waals surface area contributed by atoms with E-state index in [1.54, 1.807) is 0 Å². The smallest absolute Gasteiger partial charge is 0.170 e. The minimum absolute atomic E-state index is 0.0620. The predicted octanol–water partition coefficient (Wildman–Crippen LogP) is 5.93. The van der Waals surface area contributed by atoms with Crippen molar-refractivity contribution in [2.75, 3.05) is 6.54 Å². The van der Waals surface area contributed by atoms with Crippen LogP contribution in [-0.2, 0) is 0 Å². The molecule has 0 saturated carbocycles. The van der Waals surface area contributed by atoms with Crippen molar-refractivity contribution in [1.82, 2.24) is 15.2 Å². The van der Waals surface area contributed by atoms with Crippen molar-refractivity contribution in [2.24, 2.45) is 5.92 Å². The van der Waals surface area contributed by atoms with Crippen molar-refractivity contribution in [3.63, 3.8) is 0 Å². The monoisotopic (exact) mass is 425 g/mol. The highest BCUT2D eigenvalue weighted by atomic mass is 35.5. The van der Waals surface area contributed by atoms with E-state index in [1.807, 2.05) is 61.7 Å². The fourth-order valence-electron chi connectivity index (χ4n) is 3.84. The fraction of sp³-hybridized carbons (Fsp3) is 0.304. The zero-order chi connectivity index (χ0) is 20.5. The van der Waals surface area contributed by atoms with Gasteiger partial charge in [-0.3, -0.25) is 4.98 Å². The van der Waals surface area contributed by atoms with E-state index in [9.17, 15) is 0 Å². The summed E-state index contributed by atoms with van der Waals surface area (Å²) in [6.07, 6.45) is 1.81. The number of halogens is 1. The highest BCUT2D eigenvalue weighted by Crippen LogP contribution is 2.41. The van der Waals surface area contributed by atoms with Crippen molar-refractivity contribution in [3.8, 4) is 11.3 Å². The first-order valence-corrected chi connectivity index (χ1v) is 10.6. The number of nitrogens with zero attached hydrogens (tertiary/aromatic N) is 2. The summed E-state index contributed by atoms with van der Waals surface area (Å²) < 4.78 is 6.37. The maximum Gasteiger partial charge on any atom is 0.170 e. The molecule has 1 aromatic carbocycles. The minimum atomic E-state index is -0.0677. The highest BCUT2D eigenvalue weighted by molar-refractivity contribution is 7.80. The number of thiocarbonyl (C=S) groups is 1. The van der Waals surface area contributed by atoms with Crippen LogP contribution in [0.5, 0.6) is 0 Å². The van der Waals surface area contributed by atoms with E-state index >= 15 is 0 Å². The maximum absolute atomic E-state index is 6.37. The molecule has 150 valence electrons. The second-order valence-corrected chi connectivity index (χ2v) is 8.58. The Hall–Kier alpha value is -2.37. The molecule has 6 heteroatoms. The third-order valence-electron chi connectivity index (χ3n) is 5.21. The van der Waals surface area contributed by atoms with Gasteiger partial charge in [0, 0.05) is 23.3 Å². The van der Waals surface area contributed by atoms with Crippen LogP contribution in [0.15, 0.2) is 59.1 Å². The molecule has 0 amide bonds. The zero-order valence-electron chi connectivity index (χ0n) is 16.7. The van der Waals surface area contributed by atoms with Gasteiger partial charge in [-0.15, -0.1) is 0 Å². The molecule has 29 heavy (non-hydrogen) atoms. The van der Waals surface area contributed by atoms with Gasteiger partial charge in [0.05, 0.1) is 11.7 Å². The summed E-state index contributed by atoms with van der Waals surface area (Å²) in [7, 11) is 0. The number of hydrogen-bond donors (Lipinski definition) is 1. The Bertz CT molecular complexity index is 1020. The van der Waals surface area contributed by atoms with Gasteiger partial charge < -0.3 is 14.6 Å². The van der Waals surface area contributed by atoms with Crippen molar-refractivity contribution >= 4 is 28.9 Å². The quantitative estimate of drug-likeness (QED) is 0.513. The number of benzene rings is 1. The van der Waals surface area contributed by atoms with Crippen LogP contribution in [-0.4, -0.2) is 21.5 Å². The number of nitrogens with one attached hydrogen (secondary N) is 1. The van der Waals surface area contributed by atoms with Crippen LogP contribution in [0.25, 0.3) is 11.3 Å². The van der Waals surface area contributed by atoms with Gasteiger partial charge in [0.15, 0.2) is 5.11 Å². The molecule has 3 heterocycles. The molecule has 1 aliphatic rings. The zero-order valence-corrected chi connectivity index (χ0v) is 18.3. The molecule has 1 fully saturated rings. The summed E-state index contributed by atoms with van der Waals surface area (Å²) in [5.41, 5.74) is 2.96. The maximum atomic E-state index is 6.37. The van der Waals surface area contributed by atoms with Gasteiger partial charge in [0.1, 0.15) is 17.6 Å². The fourth-order valence-corrected chi connectivity index (χ4v) is 4.33. The third-order valence-corrected chi connectivity index (χ3v) is 5.97. The molecule has 2 atom stereocenters. The van der Waals surface area contributed by atoms with E-state index < -0.39 is 0 Å². The van der Waals surface area contributed by atoms with Gasteiger partial charge >= 0.3 is 0 Å². The van der Waals surface area contributed by atoms with Crippen molar-refractivity contribution in [2.45, 2.75) is 32.9 Å². The van der Waals surface area contributed by atoms with Gasteiger partial charge in [0.2, 0.25) is 0 Å². The largest absolute Gasteiger partial charge is 0.459 e. The SMILES string of the molecule is Cc1c(Cl)cccc1-c1ccc([C@H]2[C@H](c3ccccn3)NC(=S)N2CC(C)C)o1. The van der Waals surface area contributed by atoms with E-state index in [4.69, 9.17) is 28.2 Å². The summed E-state index contributed by atoms with van der Waals surface area (Å²) in [6, 6.07) is 15.7. The van der Waals surface area contributed by atoms with Crippen LogP contribution < -0.4 is 5.32 Å². The minimum Gasteiger partial charge on any atom is -0.459 e. The van der Waals surface area contributed by atoms with Crippen molar-refractivity contribution in [1.29, 1.82) is 0 Å². The molecule has 0 spiro atoms. The molecule has 0 unspecified atom stereocenters. The molecular formula is C23H24ClN3OS. The topological polar surface area (TPSA) is 41.3 Å². The van der Waals surface area contributed by atoms with Crippen LogP contribution in [0, 0.1) is 12.8 Å². The first-order chi connectivity index (χ1) is 14.0. The Morgan fingerprint density at radius 3 is 2.72 bits per heavy atom. The number of furan rings is 1. The summed E-state index contributed by atoms with van der Waals surface area (Å²) >= 11 is 12.0. The van der Waals surface area contributed by atoms with E-state index in [-0.39, 0.29) is 12.1 Å². The van der Waals surface area contributed by atoms with Crippen LogP contribution >= 0.6 is 23.8 Å². The molecule has 3 aromatic rings. The van der Waals surface area contributed by atoms with Crippen LogP contribution in [0.3, 0.4) is 0 Å². The molecule has 2 aromatic heterocycles. The molecule has 0 radical (unpaired) electrons. The van der Waals surface area contributed by atoms with Crippen LogP contribution in [0.4, 0.5) is 0 Å².